The summed E-state index contributed by atoms with van der Waals surface area (Å²) in [4.78, 5) is 11.4. The summed E-state index contributed by atoms with van der Waals surface area (Å²) in [6.45, 7) is 6.07. The third-order valence-corrected chi connectivity index (χ3v) is 4.53. The second-order valence-corrected chi connectivity index (χ2v) is 6.92. The summed E-state index contributed by atoms with van der Waals surface area (Å²) in [5, 5.41) is 22.1. The van der Waals surface area contributed by atoms with Crippen LogP contribution in [0.3, 0.4) is 0 Å². The highest BCUT2D eigenvalue weighted by molar-refractivity contribution is 8.00. The highest BCUT2D eigenvalue weighted by Crippen LogP contribution is 2.39. The molecule has 1 saturated carbocycles. The summed E-state index contributed by atoms with van der Waals surface area (Å²) >= 11 is 1.70. The highest BCUT2D eigenvalue weighted by atomic mass is 32.2. The normalized spacial score (nSPS) is 30.8. The van der Waals surface area contributed by atoms with Crippen molar-refractivity contribution < 1.29 is 15.0 Å². The maximum atomic E-state index is 11.4. The molecule has 1 aliphatic rings. The molecule has 0 aromatic heterocycles. The Labute approximate surface area is 107 Å². The molecule has 0 aliphatic heterocycles. The molecular weight excluding hydrogens is 238 g/mol. The lowest BCUT2D eigenvalue weighted by Gasteiger charge is -2.28. The molecule has 0 amide bonds. The number of nitrogens with one attached hydrogen (secondary N) is 1. The Balaban J connectivity index is 2.62. The van der Waals surface area contributed by atoms with Crippen LogP contribution in [0.25, 0.3) is 0 Å². The minimum atomic E-state index is -0.763. The number of hydrogen-bond donors (Lipinski definition) is 3. The lowest BCUT2D eigenvalue weighted by molar-refractivity contribution is -0.145. The van der Waals surface area contributed by atoms with Gasteiger partial charge in [0, 0.05) is 16.5 Å². The Morgan fingerprint density at radius 1 is 1.53 bits per heavy atom. The largest absolute Gasteiger partial charge is 0.480 e. The van der Waals surface area contributed by atoms with E-state index in [1.165, 1.54) is 0 Å². The fraction of sp³-hybridized carbons (Fsp3) is 0.917. The van der Waals surface area contributed by atoms with E-state index in [9.17, 15) is 9.90 Å². The number of hydrogen-bond acceptors (Lipinski definition) is 4. The molecule has 0 aromatic rings. The molecule has 0 aromatic carbocycles. The Hall–Kier alpha value is -0.260. The molecule has 17 heavy (non-hydrogen) atoms. The van der Waals surface area contributed by atoms with Gasteiger partial charge in [-0.2, -0.15) is 11.8 Å². The maximum Gasteiger partial charge on any atom is 0.323 e. The first kappa shape index (κ1) is 14.8. The number of aliphatic hydroxyl groups excluding tert-OH is 1. The van der Waals surface area contributed by atoms with Crippen molar-refractivity contribution in [3.05, 3.63) is 0 Å². The van der Waals surface area contributed by atoms with Crippen molar-refractivity contribution in [2.45, 2.75) is 62.1 Å². The lowest BCUT2D eigenvalue weighted by atomic mass is 9.97. The molecule has 3 N–H and O–H groups in total. The fourth-order valence-corrected chi connectivity index (χ4v) is 3.81. The Bertz CT molecular complexity index is 272. The van der Waals surface area contributed by atoms with Crippen LogP contribution in [-0.2, 0) is 4.79 Å². The summed E-state index contributed by atoms with van der Waals surface area (Å²) in [7, 11) is 0. The van der Waals surface area contributed by atoms with E-state index in [0.29, 0.717) is 18.1 Å². The second-order valence-electron chi connectivity index (χ2n) is 5.18. The summed E-state index contributed by atoms with van der Waals surface area (Å²) in [6, 6.07) is 0.171. The van der Waals surface area contributed by atoms with Crippen molar-refractivity contribution in [3.8, 4) is 0 Å². The van der Waals surface area contributed by atoms with Crippen molar-refractivity contribution in [1.29, 1.82) is 0 Å². The van der Waals surface area contributed by atoms with Gasteiger partial charge in [0.2, 0.25) is 0 Å². The quantitative estimate of drug-likeness (QED) is 0.675. The molecule has 4 nitrogen and oxygen atoms in total. The van der Waals surface area contributed by atoms with Crippen LogP contribution < -0.4 is 5.32 Å². The van der Waals surface area contributed by atoms with Gasteiger partial charge in [-0.1, -0.05) is 6.92 Å². The van der Waals surface area contributed by atoms with Gasteiger partial charge >= 0.3 is 5.97 Å². The van der Waals surface area contributed by atoms with E-state index in [1.54, 1.807) is 11.8 Å². The van der Waals surface area contributed by atoms with Crippen LogP contribution in [0.2, 0.25) is 0 Å². The molecular formula is C12H23NO3S. The summed E-state index contributed by atoms with van der Waals surface area (Å²) in [5.41, 5.74) is -0.763. The predicted octanol–water partition coefficient (Wildman–Crippen LogP) is 1.47. The number of aliphatic hydroxyl groups is 1. The van der Waals surface area contributed by atoms with E-state index >= 15 is 0 Å². The average Bonchev–Trinajstić information content (AvgIpc) is 2.61. The van der Waals surface area contributed by atoms with E-state index < -0.39 is 11.5 Å². The second kappa shape index (κ2) is 6.07. The average molecular weight is 261 g/mol. The Morgan fingerprint density at radius 2 is 2.18 bits per heavy atom. The van der Waals surface area contributed by atoms with Gasteiger partial charge in [0.15, 0.2) is 0 Å². The zero-order valence-corrected chi connectivity index (χ0v) is 11.6. The first-order valence-electron chi connectivity index (χ1n) is 6.17. The number of rotatable bonds is 6. The highest BCUT2D eigenvalue weighted by Gasteiger charge is 2.46. The van der Waals surface area contributed by atoms with Crippen LogP contribution in [-0.4, -0.2) is 44.9 Å². The first-order valence-corrected chi connectivity index (χ1v) is 7.11. The van der Waals surface area contributed by atoms with Gasteiger partial charge < -0.3 is 10.2 Å². The van der Waals surface area contributed by atoms with E-state index in [-0.39, 0.29) is 17.9 Å². The van der Waals surface area contributed by atoms with Crippen LogP contribution in [0.4, 0.5) is 0 Å². The molecule has 0 saturated heterocycles. The molecule has 0 radical (unpaired) electrons. The number of aliphatic carboxylic acids is 1. The predicted molar refractivity (Wildman–Crippen MR) is 70.4 cm³/mol. The Morgan fingerprint density at radius 3 is 2.65 bits per heavy atom. The number of carboxylic acids is 1. The first-order chi connectivity index (χ1) is 7.89. The third-order valence-electron chi connectivity index (χ3n) is 3.13. The molecule has 3 unspecified atom stereocenters. The monoisotopic (exact) mass is 261 g/mol. The SMILES string of the molecule is CC(C)NC1(C(=O)O)CCC(SC(C)CO)C1. The molecule has 1 rings (SSSR count). The zero-order chi connectivity index (χ0) is 13.1. The molecule has 100 valence electrons. The van der Waals surface area contributed by atoms with Crippen LogP contribution in [0.5, 0.6) is 0 Å². The zero-order valence-electron chi connectivity index (χ0n) is 10.8. The topological polar surface area (TPSA) is 69.6 Å². The minimum absolute atomic E-state index is 0.152. The molecule has 0 bridgehead atoms. The molecule has 5 heteroatoms. The van der Waals surface area contributed by atoms with E-state index in [1.807, 2.05) is 20.8 Å². The molecule has 0 heterocycles. The summed E-state index contributed by atoms with van der Waals surface area (Å²) in [6.07, 6.45) is 2.23. The summed E-state index contributed by atoms with van der Waals surface area (Å²) < 4.78 is 0. The van der Waals surface area contributed by atoms with E-state index in [4.69, 9.17) is 5.11 Å². The van der Waals surface area contributed by atoms with Crippen LogP contribution in [0, 0.1) is 0 Å². The molecule has 1 aliphatic carbocycles. The number of carbonyl (C=O) groups is 1. The minimum Gasteiger partial charge on any atom is -0.480 e. The maximum absolute atomic E-state index is 11.4. The van der Waals surface area contributed by atoms with E-state index in [0.717, 1.165) is 6.42 Å². The van der Waals surface area contributed by atoms with Crippen LogP contribution in [0.1, 0.15) is 40.0 Å². The van der Waals surface area contributed by atoms with Crippen molar-refractivity contribution in [2.24, 2.45) is 0 Å². The Kier molecular flexibility index (Phi) is 5.28. The van der Waals surface area contributed by atoms with Gasteiger partial charge in [0.25, 0.3) is 0 Å². The van der Waals surface area contributed by atoms with Gasteiger partial charge in [0.1, 0.15) is 5.54 Å². The fourth-order valence-electron chi connectivity index (χ4n) is 2.43. The van der Waals surface area contributed by atoms with Crippen molar-refractivity contribution in [1.82, 2.24) is 5.32 Å². The third kappa shape index (κ3) is 3.86. The summed E-state index contributed by atoms with van der Waals surface area (Å²) in [5.74, 6) is -0.744. The van der Waals surface area contributed by atoms with E-state index in [2.05, 4.69) is 5.32 Å². The van der Waals surface area contributed by atoms with Gasteiger partial charge in [-0.05, 0) is 33.1 Å². The van der Waals surface area contributed by atoms with Crippen LogP contribution >= 0.6 is 11.8 Å². The lowest BCUT2D eigenvalue weighted by Crippen LogP contribution is -2.53. The molecule has 1 fully saturated rings. The van der Waals surface area contributed by atoms with Gasteiger partial charge in [-0.25, -0.2) is 0 Å². The smallest absolute Gasteiger partial charge is 0.323 e. The van der Waals surface area contributed by atoms with Crippen molar-refractivity contribution in [3.63, 3.8) is 0 Å². The van der Waals surface area contributed by atoms with Gasteiger partial charge in [-0.3, -0.25) is 10.1 Å². The van der Waals surface area contributed by atoms with Crippen molar-refractivity contribution in [2.75, 3.05) is 6.61 Å². The van der Waals surface area contributed by atoms with Gasteiger partial charge in [-0.15, -0.1) is 0 Å². The molecule has 3 atom stereocenters. The van der Waals surface area contributed by atoms with Crippen molar-refractivity contribution >= 4 is 17.7 Å². The standard InChI is InChI=1S/C12H23NO3S/c1-8(2)13-12(11(15)16)5-4-10(6-12)17-9(3)7-14/h8-10,13-14H,4-7H2,1-3H3,(H,15,16). The van der Waals surface area contributed by atoms with Crippen LogP contribution in [0.15, 0.2) is 0 Å². The number of carboxylic acid groups (broad SMARTS) is 1. The van der Waals surface area contributed by atoms with Gasteiger partial charge in [0.05, 0.1) is 6.61 Å². The number of thioether (sulfide) groups is 1. The molecule has 0 spiro atoms.